The monoisotopic (exact) mass is 532 g/mol. The summed E-state index contributed by atoms with van der Waals surface area (Å²) < 4.78 is 52.9. The number of alkyl halides is 3. The number of hydrogen-bond acceptors (Lipinski definition) is 6. The highest BCUT2D eigenvalue weighted by atomic mass is 19.4. The highest BCUT2D eigenvalue weighted by Crippen LogP contribution is 2.27. The number of urea groups is 1. The molecule has 2 amide bonds. The number of carbonyl (C=O) groups excluding carboxylic acids is 1. The summed E-state index contributed by atoms with van der Waals surface area (Å²) in [6.45, 7) is 0.0431. The van der Waals surface area contributed by atoms with Gasteiger partial charge in [-0.2, -0.15) is 0 Å². The molecule has 202 valence electrons. The number of halogens is 3. The normalized spacial score (nSPS) is 21.2. The van der Waals surface area contributed by atoms with Crippen LogP contribution in [0, 0.1) is 0 Å². The van der Waals surface area contributed by atoms with E-state index < -0.39 is 37.0 Å². The molecule has 0 spiro atoms. The van der Waals surface area contributed by atoms with E-state index in [2.05, 4.69) is 10.1 Å². The van der Waals surface area contributed by atoms with Gasteiger partial charge in [-0.25, -0.2) is 4.79 Å². The van der Waals surface area contributed by atoms with Gasteiger partial charge >= 0.3 is 12.4 Å². The second-order valence-corrected chi connectivity index (χ2v) is 8.69. The van der Waals surface area contributed by atoms with Gasteiger partial charge < -0.3 is 34.6 Å². The zero-order valence-electron chi connectivity index (χ0n) is 20.1. The largest absolute Gasteiger partial charge is 0.573 e. The third-order valence-electron chi connectivity index (χ3n) is 5.84. The number of nitrogens with one attached hydrogen (secondary N) is 1. The first kappa shape index (κ1) is 27.4. The lowest BCUT2D eigenvalue weighted by Gasteiger charge is -2.29. The fraction of sp³-hybridized carbons (Fsp3) is 0.296. The topological polar surface area (TPSA) is 100 Å². The van der Waals surface area contributed by atoms with E-state index in [-0.39, 0.29) is 25.4 Å². The molecule has 1 saturated heterocycles. The Morgan fingerprint density at radius 2 is 1.55 bits per heavy atom. The van der Waals surface area contributed by atoms with E-state index >= 15 is 0 Å². The second kappa shape index (κ2) is 12.3. The number of aliphatic hydroxyl groups is 2. The lowest BCUT2D eigenvalue weighted by atomic mass is 10.1. The van der Waals surface area contributed by atoms with Crippen LogP contribution in [0.4, 0.5) is 23.7 Å². The van der Waals surface area contributed by atoms with Crippen molar-refractivity contribution in [3.63, 3.8) is 0 Å². The zero-order chi connectivity index (χ0) is 27.1. The maximum atomic E-state index is 13.2. The first-order valence-electron chi connectivity index (χ1n) is 11.8. The van der Waals surface area contributed by atoms with E-state index in [9.17, 15) is 28.2 Å². The van der Waals surface area contributed by atoms with Crippen molar-refractivity contribution in [1.82, 2.24) is 4.90 Å². The molecule has 0 bridgehead atoms. The number of benzene rings is 3. The standard InChI is InChI=1S/C27H27F3N2O6/c28-27(29,30)38-21-13-11-18(12-14-21)15-32(26(35)31-20-9-5-2-6-10-20)16-22-24(23(33)25(34)37-22)36-17-19-7-3-1-4-8-19/h1-14,22-25,33-34H,15-17H2,(H,31,35). The molecular weight excluding hydrogens is 505 g/mol. The Kier molecular flexibility index (Phi) is 8.85. The average Bonchev–Trinajstić information content (AvgIpc) is 3.15. The molecular formula is C27H27F3N2O6. The van der Waals surface area contributed by atoms with Crippen LogP contribution in [-0.4, -0.2) is 58.7 Å². The van der Waals surface area contributed by atoms with Gasteiger partial charge in [0.15, 0.2) is 6.29 Å². The van der Waals surface area contributed by atoms with E-state index in [1.165, 1.54) is 17.0 Å². The number of para-hydroxylation sites is 1. The molecule has 0 aliphatic carbocycles. The summed E-state index contributed by atoms with van der Waals surface area (Å²) in [5, 5.41) is 23.4. The molecule has 3 aromatic carbocycles. The van der Waals surface area contributed by atoms with E-state index in [4.69, 9.17) is 9.47 Å². The Bertz CT molecular complexity index is 1160. The fourth-order valence-corrected chi connectivity index (χ4v) is 4.02. The van der Waals surface area contributed by atoms with E-state index in [1.54, 1.807) is 30.3 Å². The summed E-state index contributed by atoms with van der Waals surface area (Å²) in [5.41, 5.74) is 1.89. The van der Waals surface area contributed by atoms with E-state index in [0.717, 1.165) is 17.7 Å². The smallest absolute Gasteiger partial charge is 0.406 e. The summed E-state index contributed by atoms with van der Waals surface area (Å²) in [4.78, 5) is 14.6. The molecule has 1 heterocycles. The second-order valence-electron chi connectivity index (χ2n) is 8.69. The highest BCUT2D eigenvalue weighted by Gasteiger charge is 2.45. The number of anilines is 1. The summed E-state index contributed by atoms with van der Waals surface area (Å²) in [6, 6.07) is 22.5. The molecule has 4 atom stereocenters. The molecule has 1 aliphatic rings. The predicted octanol–water partition coefficient (Wildman–Crippen LogP) is 4.28. The minimum Gasteiger partial charge on any atom is -0.406 e. The Labute approximate surface area is 217 Å². The Morgan fingerprint density at radius 3 is 2.18 bits per heavy atom. The van der Waals surface area contributed by atoms with Crippen LogP contribution in [0.2, 0.25) is 0 Å². The Balaban J connectivity index is 1.50. The average molecular weight is 533 g/mol. The van der Waals surface area contributed by atoms with Crippen molar-refractivity contribution in [3.8, 4) is 5.75 Å². The predicted molar refractivity (Wildman–Crippen MR) is 131 cm³/mol. The fourth-order valence-electron chi connectivity index (χ4n) is 4.02. The highest BCUT2D eigenvalue weighted by molar-refractivity contribution is 5.89. The molecule has 4 rings (SSSR count). The zero-order valence-corrected chi connectivity index (χ0v) is 20.1. The molecule has 3 aromatic rings. The van der Waals surface area contributed by atoms with Crippen LogP contribution in [0.25, 0.3) is 0 Å². The molecule has 11 heteroatoms. The number of aliphatic hydroxyl groups excluding tert-OH is 2. The van der Waals surface area contributed by atoms with Crippen LogP contribution in [0.15, 0.2) is 84.9 Å². The maximum absolute atomic E-state index is 13.2. The van der Waals surface area contributed by atoms with Gasteiger partial charge in [-0.05, 0) is 35.4 Å². The van der Waals surface area contributed by atoms with Gasteiger partial charge in [0.2, 0.25) is 0 Å². The van der Waals surface area contributed by atoms with Crippen molar-refractivity contribution in [2.75, 3.05) is 11.9 Å². The van der Waals surface area contributed by atoms with Crippen molar-refractivity contribution < 1.29 is 42.4 Å². The SMILES string of the molecule is O=C(Nc1ccccc1)N(Cc1ccc(OC(F)(F)F)cc1)CC1OC(O)C(O)C1OCc1ccccc1. The van der Waals surface area contributed by atoms with Crippen LogP contribution in [0.3, 0.4) is 0 Å². The van der Waals surface area contributed by atoms with Crippen molar-refractivity contribution >= 4 is 11.7 Å². The number of amides is 2. The number of rotatable bonds is 9. The lowest BCUT2D eigenvalue weighted by molar-refractivity contribution is -0.274. The number of hydrogen-bond donors (Lipinski definition) is 3. The van der Waals surface area contributed by atoms with Crippen LogP contribution in [0.5, 0.6) is 5.75 Å². The van der Waals surface area contributed by atoms with Crippen molar-refractivity contribution in [3.05, 3.63) is 96.1 Å². The Hall–Kier alpha value is -3.64. The molecule has 0 radical (unpaired) electrons. The van der Waals surface area contributed by atoms with E-state index in [0.29, 0.717) is 11.3 Å². The van der Waals surface area contributed by atoms with E-state index in [1.807, 2.05) is 30.3 Å². The van der Waals surface area contributed by atoms with Gasteiger partial charge in [0.1, 0.15) is 24.1 Å². The Morgan fingerprint density at radius 1 is 0.921 bits per heavy atom. The van der Waals surface area contributed by atoms with Crippen LogP contribution in [0.1, 0.15) is 11.1 Å². The van der Waals surface area contributed by atoms with Crippen molar-refractivity contribution in [2.45, 2.75) is 44.1 Å². The van der Waals surface area contributed by atoms with Gasteiger partial charge in [0, 0.05) is 12.2 Å². The minimum atomic E-state index is -4.82. The van der Waals surface area contributed by atoms with Gasteiger partial charge in [-0.15, -0.1) is 13.2 Å². The molecule has 4 unspecified atom stereocenters. The van der Waals surface area contributed by atoms with Crippen LogP contribution in [-0.2, 0) is 22.6 Å². The number of ether oxygens (including phenoxy) is 3. The van der Waals surface area contributed by atoms with Crippen LogP contribution >= 0.6 is 0 Å². The molecule has 1 aliphatic heterocycles. The van der Waals surface area contributed by atoms with Crippen molar-refractivity contribution in [1.29, 1.82) is 0 Å². The van der Waals surface area contributed by atoms with Gasteiger partial charge in [-0.3, -0.25) is 0 Å². The van der Waals surface area contributed by atoms with Crippen molar-refractivity contribution in [2.24, 2.45) is 0 Å². The lowest BCUT2D eigenvalue weighted by Crippen LogP contribution is -2.45. The van der Waals surface area contributed by atoms with Crippen LogP contribution < -0.4 is 10.1 Å². The number of carbonyl (C=O) groups is 1. The first-order chi connectivity index (χ1) is 18.2. The molecule has 38 heavy (non-hydrogen) atoms. The molecule has 0 aromatic heterocycles. The summed E-state index contributed by atoms with van der Waals surface area (Å²) >= 11 is 0. The molecule has 0 saturated carbocycles. The molecule has 1 fully saturated rings. The third kappa shape index (κ3) is 7.68. The van der Waals surface area contributed by atoms with Gasteiger partial charge in [-0.1, -0.05) is 60.7 Å². The summed E-state index contributed by atoms with van der Waals surface area (Å²) in [7, 11) is 0. The third-order valence-corrected chi connectivity index (χ3v) is 5.84. The summed E-state index contributed by atoms with van der Waals surface area (Å²) in [6.07, 6.45) is -9.52. The first-order valence-corrected chi connectivity index (χ1v) is 11.8. The summed E-state index contributed by atoms with van der Waals surface area (Å²) in [5.74, 6) is -0.388. The maximum Gasteiger partial charge on any atom is 0.573 e. The van der Waals surface area contributed by atoms with Gasteiger partial charge in [0.05, 0.1) is 13.2 Å². The van der Waals surface area contributed by atoms with Gasteiger partial charge in [0.25, 0.3) is 0 Å². The quantitative estimate of drug-likeness (QED) is 0.381. The molecule has 8 nitrogen and oxygen atoms in total. The molecule has 3 N–H and O–H groups in total. The number of nitrogens with zero attached hydrogens (tertiary/aromatic N) is 1. The minimum absolute atomic E-state index is 0.0115.